The summed E-state index contributed by atoms with van der Waals surface area (Å²) in [6.07, 6.45) is 1.72. The summed E-state index contributed by atoms with van der Waals surface area (Å²) in [6, 6.07) is 8.34. The summed E-state index contributed by atoms with van der Waals surface area (Å²) in [5.41, 5.74) is 0.735. The van der Waals surface area contributed by atoms with E-state index in [1.54, 1.807) is 13.8 Å². The van der Waals surface area contributed by atoms with E-state index in [9.17, 15) is 4.79 Å². The van der Waals surface area contributed by atoms with Gasteiger partial charge in [0.1, 0.15) is 0 Å². The summed E-state index contributed by atoms with van der Waals surface area (Å²) in [6.45, 7) is 3.61. The Kier molecular flexibility index (Phi) is 2.98. The standard InChI is InChI=1S/C13H16O2S/c1-13(2,12(14)15)8-10-7-9-5-3-4-6-11(9)16-10/h3-6,10H,7-8H2,1-2H3,(H,14,15). The molecule has 0 spiro atoms. The molecule has 2 nitrogen and oxygen atoms in total. The number of carboxylic acid groups (broad SMARTS) is 1. The molecule has 1 aromatic carbocycles. The predicted octanol–water partition coefficient (Wildman–Crippen LogP) is 3.20. The number of aliphatic carboxylic acids is 1. The first kappa shape index (κ1) is 11.5. The largest absolute Gasteiger partial charge is 0.481 e. The lowest BCUT2D eigenvalue weighted by Gasteiger charge is -2.22. The van der Waals surface area contributed by atoms with Crippen molar-refractivity contribution in [1.82, 2.24) is 0 Å². The minimum absolute atomic E-state index is 0.406. The van der Waals surface area contributed by atoms with Crippen LogP contribution in [0.5, 0.6) is 0 Å². The van der Waals surface area contributed by atoms with Crippen molar-refractivity contribution < 1.29 is 9.90 Å². The molecule has 0 aliphatic carbocycles. The number of thioether (sulfide) groups is 1. The van der Waals surface area contributed by atoms with Crippen LogP contribution >= 0.6 is 11.8 Å². The normalized spacial score (nSPS) is 19.5. The van der Waals surface area contributed by atoms with E-state index in [-0.39, 0.29) is 0 Å². The third-order valence-electron chi connectivity index (χ3n) is 3.03. The topological polar surface area (TPSA) is 37.3 Å². The molecule has 1 atom stereocenters. The molecule has 16 heavy (non-hydrogen) atoms. The van der Waals surface area contributed by atoms with Crippen molar-refractivity contribution in [2.45, 2.75) is 36.8 Å². The first-order chi connectivity index (χ1) is 7.49. The van der Waals surface area contributed by atoms with Gasteiger partial charge in [0.15, 0.2) is 0 Å². The van der Waals surface area contributed by atoms with Gasteiger partial charge in [0.05, 0.1) is 5.41 Å². The van der Waals surface area contributed by atoms with Gasteiger partial charge in [-0.25, -0.2) is 0 Å². The molecular formula is C13H16O2S. The lowest BCUT2D eigenvalue weighted by molar-refractivity contribution is -0.147. The van der Waals surface area contributed by atoms with Gasteiger partial charge in [-0.05, 0) is 38.3 Å². The minimum atomic E-state index is -0.705. The number of carbonyl (C=O) groups is 1. The van der Waals surface area contributed by atoms with Crippen molar-refractivity contribution in [2.75, 3.05) is 0 Å². The molecule has 3 heteroatoms. The van der Waals surface area contributed by atoms with Crippen molar-refractivity contribution in [3.05, 3.63) is 29.8 Å². The Bertz CT molecular complexity index is 387. The second kappa shape index (κ2) is 4.13. The number of rotatable bonds is 3. The summed E-state index contributed by atoms with van der Waals surface area (Å²) in [5.74, 6) is -0.705. The third-order valence-corrected chi connectivity index (χ3v) is 4.35. The lowest BCUT2D eigenvalue weighted by Crippen LogP contribution is -2.27. The smallest absolute Gasteiger partial charge is 0.309 e. The van der Waals surface area contributed by atoms with E-state index in [4.69, 9.17) is 5.11 Å². The molecule has 0 amide bonds. The zero-order valence-corrected chi connectivity index (χ0v) is 10.4. The van der Waals surface area contributed by atoms with Crippen LogP contribution in [0, 0.1) is 5.41 Å². The first-order valence-corrected chi connectivity index (χ1v) is 6.35. The van der Waals surface area contributed by atoms with Crippen molar-refractivity contribution in [3.8, 4) is 0 Å². The Morgan fingerprint density at radius 3 is 2.81 bits per heavy atom. The van der Waals surface area contributed by atoms with Crippen LogP contribution in [-0.4, -0.2) is 16.3 Å². The van der Waals surface area contributed by atoms with Crippen LogP contribution in [0.4, 0.5) is 0 Å². The van der Waals surface area contributed by atoms with Gasteiger partial charge in [-0.15, -0.1) is 11.8 Å². The third kappa shape index (κ3) is 2.24. The Hall–Kier alpha value is -0.960. The molecule has 0 fully saturated rings. The second-order valence-corrected chi connectivity index (χ2v) is 6.29. The quantitative estimate of drug-likeness (QED) is 0.875. The molecule has 0 aromatic heterocycles. The maximum absolute atomic E-state index is 11.1. The fourth-order valence-electron chi connectivity index (χ4n) is 2.02. The lowest BCUT2D eigenvalue weighted by atomic mass is 9.86. The Morgan fingerprint density at radius 2 is 2.19 bits per heavy atom. The average Bonchev–Trinajstić information content (AvgIpc) is 2.58. The van der Waals surface area contributed by atoms with Crippen molar-refractivity contribution in [1.29, 1.82) is 0 Å². The fraction of sp³-hybridized carbons (Fsp3) is 0.462. The molecule has 1 heterocycles. The molecule has 0 saturated heterocycles. The number of hydrogen-bond donors (Lipinski definition) is 1. The zero-order valence-electron chi connectivity index (χ0n) is 9.56. The van der Waals surface area contributed by atoms with E-state index < -0.39 is 11.4 Å². The van der Waals surface area contributed by atoms with Gasteiger partial charge in [0.25, 0.3) is 0 Å². The van der Waals surface area contributed by atoms with E-state index in [0.29, 0.717) is 5.25 Å². The number of hydrogen-bond acceptors (Lipinski definition) is 2. The van der Waals surface area contributed by atoms with E-state index in [1.807, 2.05) is 23.9 Å². The molecule has 0 bridgehead atoms. The number of fused-ring (bicyclic) bond motifs is 1. The number of carboxylic acids is 1. The fourth-order valence-corrected chi connectivity index (χ4v) is 3.61. The molecule has 2 rings (SSSR count). The Morgan fingerprint density at radius 1 is 1.50 bits per heavy atom. The van der Waals surface area contributed by atoms with E-state index >= 15 is 0 Å². The van der Waals surface area contributed by atoms with Crippen LogP contribution in [0.15, 0.2) is 29.2 Å². The molecule has 86 valence electrons. The molecule has 0 radical (unpaired) electrons. The highest BCUT2D eigenvalue weighted by atomic mass is 32.2. The molecule has 1 aliphatic rings. The minimum Gasteiger partial charge on any atom is -0.481 e. The average molecular weight is 236 g/mol. The molecule has 1 N–H and O–H groups in total. The van der Waals surface area contributed by atoms with E-state index in [0.717, 1.165) is 12.8 Å². The Labute approximate surface area is 100 Å². The van der Waals surface area contributed by atoms with E-state index in [1.165, 1.54) is 10.5 Å². The van der Waals surface area contributed by atoms with Gasteiger partial charge < -0.3 is 5.11 Å². The predicted molar refractivity (Wildman–Crippen MR) is 65.8 cm³/mol. The van der Waals surface area contributed by atoms with Gasteiger partial charge >= 0.3 is 5.97 Å². The summed E-state index contributed by atoms with van der Waals surface area (Å²) >= 11 is 1.82. The second-order valence-electron chi connectivity index (χ2n) is 4.94. The summed E-state index contributed by atoms with van der Waals surface area (Å²) < 4.78 is 0. The van der Waals surface area contributed by atoms with Gasteiger partial charge in [-0.1, -0.05) is 18.2 Å². The highest BCUT2D eigenvalue weighted by Gasteiger charge is 2.33. The molecular weight excluding hydrogens is 220 g/mol. The van der Waals surface area contributed by atoms with Crippen molar-refractivity contribution in [3.63, 3.8) is 0 Å². The van der Waals surface area contributed by atoms with Crippen LogP contribution in [-0.2, 0) is 11.2 Å². The maximum Gasteiger partial charge on any atom is 0.309 e. The van der Waals surface area contributed by atoms with Crippen LogP contribution < -0.4 is 0 Å². The summed E-state index contributed by atoms with van der Waals surface area (Å²) in [4.78, 5) is 12.4. The summed E-state index contributed by atoms with van der Waals surface area (Å²) in [5, 5.41) is 9.52. The van der Waals surface area contributed by atoms with Crippen molar-refractivity contribution in [2.24, 2.45) is 5.41 Å². The maximum atomic E-state index is 11.1. The highest BCUT2D eigenvalue weighted by Crippen LogP contribution is 2.41. The SMILES string of the molecule is CC(C)(CC1Cc2ccccc2S1)C(=O)O. The van der Waals surface area contributed by atoms with Gasteiger partial charge in [-0.2, -0.15) is 0 Å². The molecule has 1 aliphatic heterocycles. The first-order valence-electron chi connectivity index (χ1n) is 5.47. The van der Waals surface area contributed by atoms with Gasteiger partial charge in [0.2, 0.25) is 0 Å². The van der Waals surface area contributed by atoms with Crippen LogP contribution in [0.1, 0.15) is 25.8 Å². The molecule has 0 saturated carbocycles. The zero-order chi connectivity index (χ0) is 11.8. The monoisotopic (exact) mass is 236 g/mol. The van der Waals surface area contributed by atoms with Gasteiger partial charge in [-0.3, -0.25) is 4.79 Å². The van der Waals surface area contributed by atoms with E-state index in [2.05, 4.69) is 12.1 Å². The Balaban J connectivity index is 2.05. The summed E-state index contributed by atoms with van der Waals surface area (Å²) in [7, 11) is 0. The van der Waals surface area contributed by atoms with Crippen LogP contribution in [0.2, 0.25) is 0 Å². The molecule has 1 aromatic rings. The van der Waals surface area contributed by atoms with Gasteiger partial charge in [0, 0.05) is 10.1 Å². The highest BCUT2D eigenvalue weighted by molar-refractivity contribution is 8.00. The van der Waals surface area contributed by atoms with Crippen LogP contribution in [0.25, 0.3) is 0 Å². The molecule has 1 unspecified atom stereocenters. The number of benzene rings is 1. The van der Waals surface area contributed by atoms with Crippen LogP contribution in [0.3, 0.4) is 0 Å². The van der Waals surface area contributed by atoms with Crippen molar-refractivity contribution >= 4 is 17.7 Å².